The number of alkyl halides is 2. The van der Waals surface area contributed by atoms with Crippen LogP contribution in [0.4, 0.5) is 13.6 Å². The minimum Gasteiger partial charge on any atom is -0.490 e. The van der Waals surface area contributed by atoms with Gasteiger partial charge in [-0.3, -0.25) is 0 Å². The maximum absolute atomic E-state index is 13.0. The summed E-state index contributed by atoms with van der Waals surface area (Å²) in [5, 5.41) is 2.75. The summed E-state index contributed by atoms with van der Waals surface area (Å²) >= 11 is 0. The first-order valence-electron chi connectivity index (χ1n) is 8.26. The highest BCUT2D eigenvalue weighted by Crippen LogP contribution is 2.55. The van der Waals surface area contributed by atoms with Crippen LogP contribution in [-0.4, -0.2) is 29.8 Å². The van der Waals surface area contributed by atoms with Crippen LogP contribution < -0.4 is 10.1 Å². The van der Waals surface area contributed by atoms with Gasteiger partial charge in [-0.1, -0.05) is 12.1 Å². The molecule has 3 rings (SSSR count). The van der Waals surface area contributed by atoms with Crippen LogP contribution >= 0.6 is 0 Å². The highest BCUT2D eigenvalue weighted by molar-refractivity contribution is 5.68. The lowest BCUT2D eigenvalue weighted by molar-refractivity contribution is -0.0243. The van der Waals surface area contributed by atoms with E-state index in [0.29, 0.717) is 24.2 Å². The summed E-state index contributed by atoms with van der Waals surface area (Å²) < 4.78 is 37.1. The first kappa shape index (κ1) is 17.0. The van der Waals surface area contributed by atoms with Crippen molar-refractivity contribution in [2.75, 3.05) is 0 Å². The summed E-state index contributed by atoms with van der Waals surface area (Å²) in [7, 11) is 0. The van der Waals surface area contributed by atoms with Crippen LogP contribution in [-0.2, 0) is 4.74 Å². The molecule has 2 fully saturated rings. The van der Waals surface area contributed by atoms with E-state index >= 15 is 0 Å². The number of rotatable bonds is 4. The van der Waals surface area contributed by atoms with Gasteiger partial charge in [-0.25, -0.2) is 13.6 Å². The number of hydrogen-bond acceptors (Lipinski definition) is 3. The van der Waals surface area contributed by atoms with Gasteiger partial charge in [0.1, 0.15) is 18.0 Å². The number of carbonyl (C=O) groups is 1. The van der Waals surface area contributed by atoms with E-state index in [4.69, 9.17) is 9.47 Å². The number of halogens is 2. The largest absolute Gasteiger partial charge is 0.490 e. The number of alkyl carbamates (subject to hydrolysis) is 1. The maximum atomic E-state index is 13.0. The van der Waals surface area contributed by atoms with Gasteiger partial charge >= 0.3 is 6.09 Å². The molecule has 2 saturated carbocycles. The Hall–Kier alpha value is -1.85. The van der Waals surface area contributed by atoms with Crippen molar-refractivity contribution in [1.29, 1.82) is 0 Å². The number of amides is 1. The normalized spacial score (nSPS) is 27.8. The molecule has 6 heteroatoms. The Morgan fingerprint density at radius 1 is 1.17 bits per heavy atom. The fraction of sp³-hybridized carbons (Fsp3) is 0.611. The lowest BCUT2D eigenvalue weighted by Gasteiger charge is -2.35. The number of benzene rings is 1. The second-order valence-corrected chi connectivity index (χ2v) is 7.70. The number of carbonyl (C=O) groups excluding carboxylic acids is 1. The molecule has 1 amide bonds. The molecule has 0 radical (unpaired) electrons. The van der Waals surface area contributed by atoms with Crippen LogP contribution in [0.1, 0.15) is 51.5 Å². The van der Waals surface area contributed by atoms with Crippen molar-refractivity contribution in [2.45, 2.75) is 69.6 Å². The van der Waals surface area contributed by atoms with Gasteiger partial charge in [0.2, 0.25) is 0 Å². The van der Waals surface area contributed by atoms with E-state index in [1.165, 1.54) is 0 Å². The first-order valence-corrected chi connectivity index (χ1v) is 8.26. The Kier molecular flexibility index (Phi) is 4.18. The zero-order valence-corrected chi connectivity index (χ0v) is 14.1. The minimum atomic E-state index is -2.55. The predicted octanol–water partition coefficient (Wildman–Crippen LogP) is 4.24. The van der Waals surface area contributed by atoms with Gasteiger partial charge in [-0.15, -0.1) is 0 Å². The Labute approximate surface area is 140 Å². The summed E-state index contributed by atoms with van der Waals surface area (Å²) in [4.78, 5) is 11.7. The molecule has 1 aromatic rings. The summed E-state index contributed by atoms with van der Waals surface area (Å²) in [5.41, 5.74) is 0.331. The molecule has 4 nitrogen and oxygen atoms in total. The highest BCUT2D eigenvalue weighted by Gasteiger charge is 2.57. The van der Waals surface area contributed by atoms with Crippen molar-refractivity contribution in [1.82, 2.24) is 5.32 Å². The average Bonchev–Trinajstić information content (AvgIpc) is 3.04. The molecule has 1 unspecified atom stereocenters. The van der Waals surface area contributed by atoms with E-state index < -0.39 is 17.9 Å². The monoisotopic (exact) mass is 339 g/mol. The van der Waals surface area contributed by atoms with Gasteiger partial charge in [0.25, 0.3) is 5.92 Å². The standard InChI is InChI=1S/C18H23F2NO3/c1-17(2,3)21-16(22)24-14-8-13(9-14)23-12-6-4-11(5-7-12)15-10-18(15,19)20/h4-7,13-15H,8-10H2,1-3H3,(H,21,22). The molecule has 0 spiro atoms. The molecule has 24 heavy (non-hydrogen) atoms. The third-order valence-electron chi connectivity index (χ3n) is 4.21. The van der Waals surface area contributed by atoms with Crippen molar-refractivity contribution in [3.63, 3.8) is 0 Å². The summed E-state index contributed by atoms with van der Waals surface area (Å²) in [6, 6.07) is 6.85. The Balaban J connectivity index is 1.40. The maximum Gasteiger partial charge on any atom is 0.407 e. The molecular formula is C18H23F2NO3. The third kappa shape index (κ3) is 4.16. The van der Waals surface area contributed by atoms with Crippen LogP contribution in [0.25, 0.3) is 0 Å². The molecule has 0 heterocycles. The second-order valence-electron chi connectivity index (χ2n) is 7.70. The van der Waals surface area contributed by atoms with E-state index in [9.17, 15) is 13.6 Å². The topological polar surface area (TPSA) is 47.6 Å². The summed E-state index contributed by atoms with van der Waals surface area (Å²) in [6.45, 7) is 5.67. The fourth-order valence-electron chi connectivity index (χ4n) is 2.74. The van der Waals surface area contributed by atoms with Gasteiger partial charge in [0.15, 0.2) is 0 Å². The van der Waals surface area contributed by atoms with Gasteiger partial charge < -0.3 is 14.8 Å². The predicted molar refractivity (Wildman–Crippen MR) is 85.6 cm³/mol. The van der Waals surface area contributed by atoms with Gasteiger partial charge in [0.05, 0.1) is 5.92 Å². The van der Waals surface area contributed by atoms with Crippen LogP contribution in [0.3, 0.4) is 0 Å². The van der Waals surface area contributed by atoms with Gasteiger partial charge in [-0.05, 0) is 38.5 Å². The van der Waals surface area contributed by atoms with Crippen molar-refractivity contribution in [2.24, 2.45) is 0 Å². The van der Waals surface area contributed by atoms with Crippen molar-refractivity contribution in [3.05, 3.63) is 29.8 Å². The highest BCUT2D eigenvalue weighted by atomic mass is 19.3. The van der Waals surface area contributed by atoms with Crippen LogP contribution in [0.2, 0.25) is 0 Å². The third-order valence-corrected chi connectivity index (χ3v) is 4.21. The van der Waals surface area contributed by atoms with Crippen molar-refractivity contribution < 1.29 is 23.0 Å². The van der Waals surface area contributed by atoms with E-state index in [0.717, 1.165) is 0 Å². The Bertz CT molecular complexity index is 604. The Morgan fingerprint density at radius 2 is 1.75 bits per heavy atom. The molecule has 1 aromatic carbocycles. The lowest BCUT2D eigenvalue weighted by atomic mass is 9.92. The molecule has 0 bridgehead atoms. The van der Waals surface area contributed by atoms with E-state index in [1.54, 1.807) is 24.3 Å². The minimum absolute atomic E-state index is 0.00865. The average molecular weight is 339 g/mol. The smallest absolute Gasteiger partial charge is 0.407 e. The number of hydrogen-bond donors (Lipinski definition) is 1. The molecule has 2 aliphatic rings. The van der Waals surface area contributed by atoms with E-state index in [1.807, 2.05) is 20.8 Å². The van der Waals surface area contributed by atoms with Crippen molar-refractivity contribution >= 4 is 6.09 Å². The van der Waals surface area contributed by atoms with E-state index in [2.05, 4.69) is 5.32 Å². The zero-order chi connectivity index (χ0) is 17.5. The SMILES string of the molecule is CC(C)(C)NC(=O)OC1CC(Oc2ccc(C3CC3(F)F)cc2)C1. The van der Waals surface area contributed by atoms with Crippen LogP contribution in [0.5, 0.6) is 5.75 Å². The van der Waals surface area contributed by atoms with Crippen molar-refractivity contribution in [3.8, 4) is 5.75 Å². The molecule has 0 aromatic heterocycles. The summed E-state index contributed by atoms with van der Waals surface area (Å²) in [5.74, 6) is -2.53. The number of nitrogens with one attached hydrogen (secondary N) is 1. The second kappa shape index (κ2) is 5.90. The molecule has 0 saturated heterocycles. The number of ether oxygens (including phenoxy) is 2. The molecular weight excluding hydrogens is 316 g/mol. The quantitative estimate of drug-likeness (QED) is 0.892. The van der Waals surface area contributed by atoms with E-state index in [-0.39, 0.29) is 24.2 Å². The molecule has 1 atom stereocenters. The molecule has 0 aliphatic heterocycles. The van der Waals surface area contributed by atoms with Crippen LogP contribution in [0.15, 0.2) is 24.3 Å². The molecule has 1 N–H and O–H groups in total. The van der Waals surface area contributed by atoms with Crippen LogP contribution in [0, 0.1) is 0 Å². The van der Waals surface area contributed by atoms with Gasteiger partial charge in [0, 0.05) is 24.8 Å². The Morgan fingerprint density at radius 3 is 2.25 bits per heavy atom. The summed E-state index contributed by atoms with van der Waals surface area (Å²) in [6.07, 6.45) is 0.652. The molecule has 2 aliphatic carbocycles. The first-order chi connectivity index (χ1) is 11.1. The van der Waals surface area contributed by atoms with Gasteiger partial charge in [-0.2, -0.15) is 0 Å². The molecule has 132 valence electrons. The zero-order valence-electron chi connectivity index (χ0n) is 14.1. The lowest BCUT2D eigenvalue weighted by Crippen LogP contribution is -2.46. The fourth-order valence-corrected chi connectivity index (χ4v) is 2.74.